The molecule has 1 aromatic heterocycles. The summed E-state index contributed by atoms with van der Waals surface area (Å²) in [5.74, 6) is -0.0775. The van der Waals surface area contributed by atoms with Crippen LogP contribution >= 0.6 is 12.4 Å². The fourth-order valence-corrected chi connectivity index (χ4v) is 1.38. The van der Waals surface area contributed by atoms with Crippen LogP contribution in [-0.4, -0.2) is 10.9 Å². The van der Waals surface area contributed by atoms with Gasteiger partial charge >= 0.3 is 0 Å². The Morgan fingerprint density at radius 2 is 1.71 bits per heavy atom. The van der Waals surface area contributed by atoms with Crippen LogP contribution in [0.2, 0.25) is 0 Å². The van der Waals surface area contributed by atoms with Gasteiger partial charge in [-0.3, -0.25) is 9.78 Å². The van der Waals surface area contributed by atoms with Crippen molar-refractivity contribution in [2.75, 3.05) is 0 Å². The van der Waals surface area contributed by atoms with Crippen molar-refractivity contribution in [3.05, 3.63) is 66.0 Å². The highest BCUT2D eigenvalue weighted by Crippen LogP contribution is 2.00. The third-order valence-electron chi connectivity index (χ3n) is 2.24. The second-order valence-corrected chi connectivity index (χ2v) is 3.40. The van der Waals surface area contributed by atoms with Crippen LogP contribution in [0.5, 0.6) is 0 Å². The van der Waals surface area contributed by atoms with E-state index in [1.165, 1.54) is 0 Å². The molecular formula is C13H13ClN2O. The highest BCUT2D eigenvalue weighted by atomic mass is 35.5. The summed E-state index contributed by atoms with van der Waals surface area (Å²) in [5, 5.41) is 2.85. The molecule has 0 aliphatic rings. The fourth-order valence-electron chi connectivity index (χ4n) is 1.38. The largest absolute Gasteiger partial charge is 0.348 e. The van der Waals surface area contributed by atoms with E-state index >= 15 is 0 Å². The van der Waals surface area contributed by atoms with Crippen LogP contribution in [0.3, 0.4) is 0 Å². The highest BCUT2D eigenvalue weighted by molar-refractivity contribution is 5.93. The standard InChI is InChI=1S/C13H12N2O.ClH/c16-13(12-6-8-14-9-7-12)15-10-11-4-2-1-3-5-11;/h1-9H,10H2,(H,15,16);1H. The lowest BCUT2D eigenvalue weighted by Crippen LogP contribution is -2.22. The van der Waals surface area contributed by atoms with Crippen LogP contribution in [0.25, 0.3) is 0 Å². The summed E-state index contributed by atoms with van der Waals surface area (Å²) in [6.07, 6.45) is 3.22. The zero-order valence-corrected chi connectivity index (χ0v) is 9.98. The van der Waals surface area contributed by atoms with Crippen molar-refractivity contribution >= 4 is 18.3 Å². The van der Waals surface area contributed by atoms with Gasteiger partial charge in [-0.25, -0.2) is 0 Å². The maximum atomic E-state index is 11.7. The molecule has 0 aliphatic heterocycles. The SMILES string of the molecule is Cl.O=C(NCc1ccccc1)c1ccncc1. The number of pyridine rings is 1. The minimum Gasteiger partial charge on any atom is -0.348 e. The molecule has 0 bridgehead atoms. The zero-order chi connectivity index (χ0) is 11.2. The van der Waals surface area contributed by atoms with Gasteiger partial charge in [-0.1, -0.05) is 30.3 Å². The smallest absolute Gasteiger partial charge is 0.251 e. The molecular weight excluding hydrogens is 236 g/mol. The molecule has 4 heteroatoms. The molecule has 0 spiro atoms. The normalized spacial score (nSPS) is 9.18. The number of halogens is 1. The van der Waals surface area contributed by atoms with Crippen molar-refractivity contribution in [2.45, 2.75) is 6.54 Å². The van der Waals surface area contributed by atoms with Crippen LogP contribution in [-0.2, 0) is 6.54 Å². The molecule has 0 saturated heterocycles. The summed E-state index contributed by atoms with van der Waals surface area (Å²) in [7, 11) is 0. The summed E-state index contributed by atoms with van der Waals surface area (Å²) in [6, 6.07) is 13.2. The van der Waals surface area contributed by atoms with E-state index in [9.17, 15) is 4.79 Å². The number of nitrogens with zero attached hydrogens (tertiary/aromatic N) is 1. The van der Waals surface area contributed by atoms with Crippen molar-refractivity contribution in [1.82, 2.24) is 10.3 Å². The van der Waals surface area contributed by atoms with Crippen molar-refractivity contribution in [2.24, 2.45) is 0 Å². The Balaban J connectivity index is 0.00000144. The Hall–Kier alpha value is -1.87. The van der Waals surface area contributed by atoms with Gasteiger partial charge in [0.25, 0.3) is 5.91 Å². The van der Waals surface area contributed by atoms with E-state index in [0.717, 1.165) is 5.56 Å². The van der Waals surface area contributed by atoms with E-state index in [0.29, 0.717) is 12.1 Å². The average Bonchev–Trinajstić information content (AvgIpc) is 2.38. The van der Waals surface area contributed by atoms with E-state index in [1.807, 2.05) is 30.3 Å². The lowest BCUT2D eigenvalue weighted by molar-refractivity contribution is 0.0951. The van der Waals surface area contributed by atoms with E-state index in [4.69, 9.17) is 0 Å². The summed E-state index contributed by atoms with van der Waals surface area (Å²) >= 11 is 0. The van der Waals surface area contributed by atoms with Crippen LogP contribution in [0.4, 0.5) is 0 Å². The molecule has 2 aromatic rings. The van der Waals surface area contributed by atoms with Gasteiger partial charge in [0.15, 0.2) is 0 Å². The fraction of sp³-hybridized carbons (Fsp3) is 0.0769. The molecule has 0 fully saturated rings. The van der Waals surface area contributed by atoms with Crippen LogP contribution in [0.1, 0.15) is 15.9 Å². The minimum atomic E-state index is -0.0775. The maximum Gasteiger partial charge on any atom is 0.251 e. The first-order chi connectivity index (χ1) is 7.86. The van der Waals surface area contributed by atoms with Gasteiger partial charge in [0.2, 0.25) is 0 Å². The first-order valence-corrected chi connectivity index (χ1v) is 5.08. The van der Waals surface area contributed by atoms with Gasteiger partial charge in [-0.15, -0.1) is 12.4 Å². The molecule has 0 radical (unpaired) electrons. The summed E-state index contributed by atoms with van der Waals surface area (Å²) < 4.78 is 0. The lowest BCUT2D eigenvalue weighted by Gasteiger charge is -2.04. The molecule has 0 aliphatic carbocycles. The number of carbonyl (C=O) groups is 1. The Morgan fingerprint density at radius 3 is 2.35 bits per heavy atom. The molecule has 1 N–H and O–H groups in total. The summed E-state index contributed by atoms with van der Waals surface area (Å²) in [4.78, 5) is 15.5. The van der Waals surface area contributed by atoms with Gasteiger partial charge in [0, 0.05) is 24.5 Å². The molecule has 1 aromatic carbocycles. The minimum absolute atomic E-state index is 0. The molecule has 88 valence electrons. The first kappa shape index (κ1) is 13.2. The topological polar surface area (TPSA) is 42.0 Å². The van der Waals surface area contributed by atoms with Crippen molar-refractivity contribution in [3.63, 3.8) is 0 Å². The molecule has 1 heterocycles. The molecule has 0 saturated carbocycles. The van der Waals surface area contributed by atoms with Gasteiger partial charge in [0.1, 0.15) is 0 Å². The third kappa shape index (κ3) is 3.89. The molecule has 17 heavy (non-hydrogen) atoms. The average molecular weight is 249 g/mol. The lowest BCUT2D eigenvalue weighted by atomic mass is 10.2. The number of hydrogen-bond acceptors (Lipinski definition) is 2. The van der Waals surface area contributed by atoms with Crippen molar-refractivity contribution < 1.29 is 4.79 Å². The number of hydrogen-bond donors (Lipinski definition) is 1. The highest BCUT2D eigenvalue weighted by Gasteiger charge is 2.03. The van der Waals surface area contributed by atoms with E-state index in [-0.39, 0.29) is 18.3 Å². The summed E-state index contributed by atoms with van der Waals surface area (Å²) in [6.45, 7) is 0.544. The quantitative estimate of drug-likeness (QED) is 0.907. The first-order valence-electron chi connectivity index (χ1n) is 5.08. The van der Waals surface area contributed by atoms with Gasteiger partial charge in [0.05, 0.1) is 0 Å². The van der Waals surface area contributed by atoms with Gasteiger partial charge in [-0.05, 0) is 17.7 Å². The van der Waals surface area contributed by atoms with E-state index in [1.54, 1.807) is 24.5 Å². The van der Waals surface area contributed by atoms with Crippen LogP contribution < -0.4 is 5.32 Å². The maximum absolute atomic E-state index is 11.7. The monoisotopic (exact) mass is 248 g/mol. The van der Waals surface area contributed by atoms with Gasteiger partial charge in [-0.2, -0.15) is 0 Å². The Bertz CT molecular complexity index is 459. The van der Waals surface area contributed by atoms with E-state index in [2.05, 4.69) is 10.3 Å². The number of amides is 1. The Labute approximate surface area is 106 Å². The molecule has 2 rings (SSSR count). The zero-order valence-electron chi connectivity index (χ0n) is 9.17. The van der Waals surface area contributed by atoms with Crippen LogP contribution in [0.15, 0.2) is 54.9 Å². The van der Waals surface area contributed by atoms with Gasteiger partial charge < -0.3 is 5.32 Å². The second kappa shape index (κ2) is 6.66. The van der Waals surface area contributed by atoms with Crippen LogP contribution in [0, 0.1) is 0 Å². The number of carbonyl (C=O) groups excluding carboxylic acids is 1. The van der Waals surface area contributed by atoms with Crippen molar-refractivity contribution in [1.29, 1.82) is 0 Å². The number of rotatable bonds is 3. The molecule has 0 atom stereocenters. The second-order valence-electron chi connectivity index (χ2n) is 3.40. The predicted molar refractivity (Wildman–Crippen MR) is 69.1 cm³/mol. The number of aromatic nitrogens is 1. The molecule has 1 amide bonds. The summed E-state index contributed by atoms with van der Waals surface area (Å²) in [5.41, 5.74) is 1.72. The number of nitrogens with one attached hydrogen (secondary N) is 1. The van der Waals surface area contributed by atoms with E-state index < -0.39 is 0 Å². The van der Waals surface area contributed by atoms with Crippen molar-refractivity contribution in [3.8, 4) is 0 Å². The molecule has 0 unspecified atom stereocenters. The predicted octanol–water partition coefficient (Wildman–Crippen LogP) is 2.43. The Morgan fingerprint density at radius 1 is 1.06 bits per heavy atom. The number of benzene rings is 1. The molecule has 3 nitrogen and oxygen atoms in total. The Kier molecular flexibility index (Phi) is 5.17. The third-order valence-corrected chi connectivity index (χ3v) is 2.24.